The highest BCUT2D eigenvalue weighted by molar-refractivity contribution is 5.89. The minimum atomic E-state index is -0.883. The summed E-state index contributed by atoms with van der Waals surface area (Å²) in [7, 11) is 1.32. The largest absolute Gasteiger partial charge is 0.481 e. The van der Waals surface area contributed by atoms with E-state index in [9.17, 15) is 9.59 Å². The van der Waals surface area contributed by atoms with Gasteiger partial charge in [-0.15, -0.1) is 0 Å². The zero-order valence-electron chi connectivity index (χ0n) is 11.3. The number of carboxylic acid groups (broad SMARTS) is 1. The number of esters is 1. The Bertz CT molecular complexity index is 633. The number of hydrogen-bond acceptors (Lipinski definition) is 6. The van der Waals surface area contributed by atoms with E-state index in [4.69, 9.17) is 9.52 Å². The normalized spacial score (nSPS) is 10.1. The Morgan fingerprint density at radius 3 is 2.67 bits per heavy atom. The summed E-state index contributed by atoms with van der Waals surface area (Å²) in [5, 5.41) is 11.5. The van der Waals surface area contributed by atoms with Gasteiger partial charge in [-0.3, -0.25) is 4.79 Å². The number of nitrogens with zero attached hydrogens (tertiary/aromatic N) is 1. The van der Waals surface area contributed by atoms with Crippen LogP contribution in [0.3, 0.4) is 0 Å². The van der Waals surface area contributed by atoms with E-state index in [1.165, 1.54) is 13.4 Å². The summed E-state index contributed by atoms with van der Waals surface area (Å²) >= 11 is 0. The number of carbonyl (C=O) groups is 2. The van der Waals surface area contributed by atoms with Crippen molar-refractivity contribution >= 4 is 23.6 Å². The lowest BCUT2D eigenvalue weighted by Gasteiger charge is -2.03. The summed E-state index contributed by atoms with van der Waals surface area (Å²) in [5.41, 5.74) is 1.69. The molecular formula is C14H14N2O5. The minimum Gasteiger partial charge on any atom is -0.481 e. The molecule has 0 aliphatic carbocycles. The van der Waals surface area contributed by atoms with E-state index in [2.05, 4.69) is 15.0 Å². The molecule has 0 spiro atoms. The van der Waals surface area contributed by atoms with Gasteiger partial charge in [-0.1, -0.05) is 0 Å². The van der Waals surface area contributed by atoms with Crippen LogP contribution in [-0.2, 0) is 16.0 Å². The Morgan fingerprint density at radius 2 is 2.05 bits per heavy atom. The van der Waals surface area contributed by atoms with Crippen molar-refractivity contribution in [1.82, 2.24) is 4.98 Å². The zero-order valence-corrected chi connectivity index (χ0v) is 11.3. The summed E-state index contributed by atoms with van der Waals surface area (Å²) in [6.07, 6.45) is 1.72. The minimum absolute atomic E-state index is 0.000199. The number of nitrogens with one attached hydrogen (secondary N) is 1. The molecule has 2 rings (SSSR count). The molecule has 0 aliphatic heterocycles. The molecule has 0 bridgehead atoms. The van der Waals surface area contributed by atoms with Gasteiger partial charge in [-0.05, 0) is 24.3 Å². The van der Waals surface area contributed by atoms with Crippen LogP contribution in [0.25, 0.3) is 0 Å². The van der Waals surface area contributed by atoms with Crippen LogP contribution in [0, 0.1) is 0 Å². The van der Waals surface area contributed by atoms with Crippen LogP contribution in [0.15, 0.2) is 34.9 Å². The number of oxazole rings is 1. The van der Waals surface area contributed by atoms with E-state index < -0.39 is 11.9 Å². The summed E-state index contributed by atoms with van der Waals surface area (Å²) in [6, 6.07) is 6.87. The number of anilines is 2. The van der Waals surface area contributed by atoms with Gasteiger partial charge < -0.3 is 19.6 Å². The molecule has 21 heavy (non-hydrogen) atoms. The first-order valence-electron chi connectivity index (χ1n) is 6.20. The fourth-order valence-electron chi connectivity index (χ4n) is 1.65. The average Bonchev–Trinajstić information content (AvgIpc) is 2.92. The molecule has 0 saturated heterocycles. The Kier molecular flexibility index (Phi) is 4.55. The molecule has 7 nitrogen and oxygen atoms in total. The maximum absolute atomic E-state index is 11.3. The summed E-state index contributed by atoms with van der Waals surface area (Å²) < 4.78 is 9.80. The lowest BCUT2D eigenvalue weighted by atomic mass is 10.2. The third-order valence-electron chi connectivity index (χ3n) is 2.70. The summed E-state index contributed by atoms with van der Waals surface area (Å²) in [6.45, 7) is 0. The molecule has 1 aromatic heterocycles. The highest BCUT2D eigenvalue weighted by Gasteiger charge is 2.08. The van der Waals surface area contributed by atoms with Gasteiger partial charge in [0.15, 0.2) is 0 Å². The zero-order chi connectivity index (χ0) is 15.2. The van der Waals surface area contributed by atoms with Crippen LogP contribution in [0.1, 0.15) is 22.5 Å². The number of methoxy groups -OCH3 is 1. The average molecular weight is 290 g/mol. The Labute approximate surface area is 120 Å². The van der Waals surface area contributed by atoms with Crippen LogP contribution in [0.4, 0.5) is 11.7 Å². The summed E-state index contributed by atoms with van der Waals surface area (Å²) in [5.74, 6) is -1.29. The highest BCUT2D eigenvalue weighted by Crippen LogP contribution is 2.17. The number of ether oxygens (including phenoxy) is 1. The van der Waals surface area contributed by atoms with Gasteiger partial charge in [0, 0.05) is 12.1 Å². The van der Waals surface area contributed by atoms with E-state index in [-0.39, 0.29) is 12.4 Å². The van der Waals surface area contributed by atoms with Crippen molar-refractivity contribution in [3.8, 4) is 0 Å². The van der Waals surface area contributed by atoms with Crippen LogP contribution < -0.4 is 5.32 Å². The van der Waals surface area contributed by atoms with Crippen molar-refractivity contribution in [3.05, 3.63) is 41.8 Å². The SMILES string of the molecule is COC(=O)c1ccc(Nc2nc(CCC(=O)O)co2)cc1. The first-order valence-corrected chi connectivity index (χ1v) is 6.20. The van der Waals surface area contributed by atoms with Crippen LogP contribution in [-0.4, -0.2) is 29.1 Å². The van der Waals surface area contributed by atoms with Gasteiger partial charge in [0.25, 0.3) is 6.01 Å². The van der Waals surface area contributed by atoms with Crippen LogP contribution in [0.5, 0.6) is 0 Å². The first-order chi connectivity index (χ1) is 10.1. The van der Waals surface area contributed by atoms with Crippen molar-refractivity contribution in [2.24, 2.45) is 0 Å². The molecular weight excluding hydrogens is 276 g/mol. The van der Waals surface area contributed by atoms with Gasteiger partial charge in [0.2, 0.25) is 0 Å². The molecule has 0 fully saturated rings. The van der Waals surface area contributed by atoms with E-state index >= 15 is 0 Å². The number of rotatable bonds is 6. The molecule has 0 amide bonds. The molecule has 2 N–H and O–H groups in total. The second-order valence-corrected chi connectivity index (χ2v) is 4.23. The van der Waals surface area contributed by atoms with Gasteiger partial charge >= 0.3 is 11.9 Å². The van der Waals surface area contributed by atoms with E-state index in [1.54, 1.807) is 24.3 Å². The Balaban J connectivity index is 1.98. The smallest absolute Gasteiger partial charge is 0.337 e. The van der Waals surface area contributed by atoms with Gasteiger partial charge in [0.05, 0.1) is 24.8 Å². The molecule has 0 atom stereocenters. The number of carboxylic acids is 1. The molecule has 0 aliphatic rings. The fraction of sp³-hybridized carbons (Fsp3) is 0.214. The lowest BCUT2D eigenvalue weighted by Crippen LogP contribution is -2.01. The molecule has 7 heteroatoms. The number of aromatic nitrogens is 1. The van der Waals surface area contributed by atoms with Crippen molar-refractivity contribution in [1.29, 1.82) is 0 Å². The van der Waals surface area contributed by atoms with Gasteiger partial charge in [0.1, 0.15) is 6.26 Å². The number of aliphatic carboxylic acids is 1. The number of carbonyl (C=O) groups excluding carboxylic acids is 1. The fourth-order valence-corrected chi connectivity index (χ4v) is 1.65. The predicted molar refractivity (Wildman–Crippen MR) is 73.5 cm³/mol. The highest BCUT2D eigenvalue weighted by atomic mass is 16.5. The third-order valence-corrected chi connectivity index (χ3v) is 2.70. The standard InChI is InChI=1S/C14H14N2O5/c1-20-13(19)9-2-4-10(5-3-9)15-14-16-11(8-21-14)6-7-12(17)18/h2-5,8H,6-7H2,1H3,(H,15,16)(H,17,18). The maximum atomic E-state index is 11.3. The summed E-state index contributed by atoms with van der Waals surface area (Å²) in [4.78, 5) is 25.9. The molecule has 0 saturated carbocycles. The van der Waals surface area contributed by atoms with Crippen molar-refractivity contribution in [3.63, 3.8) is 0 Å². The maximum Gasteiger partial charge on any atom is 0.337 e. The van der Waals surface area contributed by atoms with Crippen molar-refractivity contribution in [2.45, 2.75) is 12.8 Å². The van der Waals surface area contributed by atoms with E-state index in [0.717, 1.165) is 0 Å². The number of hydrogen-bond donors (Lipinski definition) is 2. The topological polar surface area (TPSA) is 102 Å². The predicted octanol–water partition coefficient (Wildman–Crippen LogP) is 2.22. The number of aryl methyl sites for hydroxylation is 1. The second-order valence-electron chi connectivity index (χ2n) is 4.23. The molecule has 110 valence electrons. The van der Waals surface area contributed by atoms with Crippen molar-refractivity contribution < 1.29 is 23.8 Å². The molecule has 1 heterocycles. The van der Waals surface area contributed by atoms with Crippen molar-refractivity contribution in [2.75, 3.05) is 12.4 Å². The molecule has 2 aromatic rings. The Hall–Kier alpha value is -2.83. The molecule has 0 unspecified atom stereocenters. The number of benzene rings is 1. The second kappa shape index (κ2) is 6.56. The van der Waals surface area contributed by atoms with Gasteiger partial charge in [-0.2, -0.15) is 4.98 Å². The third kappa shape index (κ3) is 4.07. The van der Waals surface area contributed by atoms with Crippen LogP contribution >= 0.6 is 0 Å². The molecule has 0 radical (unpaired) electrons. The Morgan fingerprint density at radius 1 is 1.33 bits per heavy atom. The quantitative estimate of drug-likeness (QED) is 0.786. The van der Waals surface area contributed by atoms with E-state index in [0.29, 0.717) is 23.4 Å². The molecule has 1 aromatic carbocycles. The van der Waals surface area contributed by atoms with E-state index in [1.807, 2.05) is 0 Å². The lowest BCUT2D eigenvalue weighted by molar-refractivity contribution is -0.136. The van der Waals surface area contributed by atoms with Gasteiger partial charge in [-0.25, -0.2) is 4.79 Å². The monoisotopic (exact) mass is 290 g/mol. The first kappa shape index (κ1) is 14.6. The van der Waals surface area contributed by atoms with Crippen LogP contribution in [0.2, 0.25) is 0 Å².